The summed E-state index contributed by atoms with van der Waals surface area (Å²) in [6, 6.07) is 0. The van der Waals surface area contributed by atoms with Crippen molar-refractivity contribution in [2.24, 2.45) is 0 Å². The summed E-state index contributed by atoms with van der Waals surface area (Å²) in [5.74, 6) is 0. The van der Waals surface area contributed by atoms with Crippen molar-refractivity contribution < 1.29 is 58.3 Å². The van der Waals surface area contributed by atoms with E-state index >= 15 is 0 Å². The average Bonchev–Trinajstić information content (AvgIpc) is 2.31. The summed E-state index contributed by atoms with van der Waals surface area (Å²) in [5, 5.41) is 16.7. The van der Waals surface area contributed by atoms with E-state index < -0.39 is 0 Å². The Kier molecular flexibility index (Phi) is 102. The minimum Gasteiger partial charge on any atom is -0.870 e. The monoisotopic (exact) mass is 390 g/mol. The Morgan fingerprint density at radius 1 is 0.476 bits per heavy atom. The molecule has 0 unspecified atom stereocenters. The zero-order valence-electron chi connectivity index (χ0n) is 13.7. The molecule has 0 amide bonds. The predicted octanol–water partition coefficient (Wildman–Crippen LogP) is 3.19. The molecule has 0 aliphatic carbocycles. The van der Waals surface area contributed by atoms with Crippen LogP contribution in [0.4, 0.5) is 0 Å². The molecule has 0 aliphatic heterocycles. The first-order valence-corrected chi connectivity index (χ1v) is 7.05. The standard InChI is InChI=1S/2C7H16O.4H2O.Zr/c2*1-2-3-4-5-6-7-8;;;;;/h2*8H,2-7H2,1H3;4*1H2;/q;;;;;;+4/p-4. The van der Waals surface area contributed by atoms with Crippen molar-refractivity contribution in [3.05, 3.63) is 0 Å². The second-order valence-corrected chi connectivity index (χ2v) is 4.28. The van der Waals surface area contributed by atoms with Gasteiger partial charge in [-0.3, -0.25) is 0 Å². The van der Waals surface area contributed by atoms with Crippen LogP contribution in [-0.2, 0) is 26.2 Å². The van der Waals surface area contributed by atoms with E-state index in [1.807, 2.05) is 0 Å². The van der Waals surface area contributed by atoms with Gasteiger partial charge in [-0.25, -0.2) is 0 Å². The Bertz CT molecular complexity index is 85.5. The Morgan fingerprint density at radius 3 is 0.905 bits per heavy atom. The van der Waals surface area contributed by atoms with Gasteiger partial charge in [0.2, 0.25) is 0 Å². The van der Waals surface area contributed by atoms with E-state index in [0.717, 1.165) is 12.8 Å². The fraction of sp³-hybridized carbons (Fsp3) is 1.00. The number of aliphatic hydroxyl groups excluding tert-OH is 2. The van der Waals surface area contributed by atoms with Gasteiger partial charge in [-0.15, -0.1) is 0 Å². The van der Waals surface area contributed by atoms with E-state index in [1.54, 1.807) is 0 Å². The van der Waals surface area contributed by atoms with Crippen LogP contribution in [0.5, 0.6) is 0 Å². The summed E-state index contributed by atoms with van der Waals surface area (Å²) in [5.41, 5.74) is 0. The molecule has 0 aromatic rings. The smallest absolute Gasteiger partial charge is 0.870 e. The van der Waals surface area contributed by atoms with Crippen LogP contribution in [0.1, 0.15) is 78.1 Å². The summed E-state index contributed by atoms with van der Waals surface area (Å²) in [7, 11) is 0. The molecule has 0 bridgehead atoms. The molecule has 0 radical (unpaired) electrons. The van der Waals surface area contributed by atoms with Crippen LogP contribution in [0.2, 0.25) is 0 Å². The van der Waals surface area contributed by atoms with E-state index in [1.165, 1.54) is 51.4 Å². The second-order valence-electron chi connectivity index (χ2n) is 4.28. The average molecular weight is 392 g/mol. The summed E-state index contributed by atoms with van der Waals surface area (Å²) in [4.78, 5) is 0. The van der Waals surface area contributed by atoms with E-state index in [0.29, 0.717) is 13.2 Å². The van der Waals surface area contributed by atoms with Gasteiger partial charge in [0.15, 0.2) is 0 Å². The van der Waals surface area contributed by atoms with Crippen LogP contribution < -0.4 is 0 Å². The van der Waals surface area contributed by atoms with Gasteiger partial charge >= 0.3 is 26.2 Å². The number of hydrogen-bond donors (Lipinski definition) is 2. The van der Waals surface area contributed by atoms with Crippen molar-refractivity contribution in [3.8, 4) is 0 Å². The molecule has 6 nitrogen and oxygen atoms in total. The maximum atomic E-state index is 8.37. The Morgan fingerprint density at radius 2 is 0.714 bits per heavy atom. The van der Waals surface area contributed by atoms with Gasteiger partial charge in [-0.1, -0.05) is 65.2 Å². The van der Waals surface area contributed by atoms with Crippen molar-refractivity contribution in [3.63, 3.8) is 0 Å². The number of hydrogen-bond acceptors (Lipinski definition) is 6. The fourth-order valence-corrected chi connectivity index (χ4v) is 1.43. The maximum Gasteiger partial charge on any atom is 4.00 e. The van der Waals surface area contributed by atoms with Gasteiger partial charge in [0.05, 0.1) is 0 Å². The van der Waals surface area contributed by atoms with Crippen LogP contribution in [0.25, 0.3) is 0 Å². The molecule has 7 heteroatoms. The summed E-state index contributed by atoms with van der Waals surface area (Å²) >= 11 is 0. The maximum absolute atomic E-state index is 8.37. The second kappa shape index (κ2) is 49.8. The Labute approximate surface area is 149 Å². The third-order valence-corrected chi connectivity index (χ3v) is 2.52. The molecule has 0 heterocycles. The Balaban J connectivity index is -0.0000000302. The van der Waals surface area contributed by atoms with Gasteiger partial charge in [-0.05, 0) is 12.8 Å². The van der Waals surface area contributed by atoms with E-state index in [9.17, 15) is 0 Å². The van der Waals surface area contributed by atoms with Crippen molar-refractivity contribution >= 4 is 0 Å². The van der Waals surface area contributed by atoms with Crippen LogP contribution in [0, 0.1) is 0 Å². The first kappa shape index (κ1) is 43.0. The van der Waals surface area contributed by atoms with Gasteiger partial charge in [0.25, 0.3) is 0 Å². The first-order chi connectivity index (χ1) is 7.83. The largest absolute Gasteiger partial charge is 4.00 e. The minimum atomic E-state index is 0. The van der Waals surface area contributed by atoms with Crippen LogP contribution in [0.15, 0.2) is 0 Å². The number of unbranched alkanes of at least 4 members (excludes halogenated alkanes) is 8. The third kappa shape index (κ3) is 63.3. The summed E-state index contributed by atoms with van der Waals surface area (Å²) in [6.45, 7) is 5.12. The molecule has 0 fully saturated rings. The van der Waals surface area contributed by atoms with E-state index in [4.69, 9.17) is 10.2 Å². The quantitative estimate of drug-likeness (QED) is 0.543. The van der Waals surface area contributed by atoms with Crippen LogP contribution >= 0.6 is 0 Å². The molecule has 21 heavy (non-hydrogen) atoms. The molecular weight excluding hydrogens is 355 g/mol. The van der Waals surface area contributed by atoms with E-state index in [-0.39, 0.29) is 48.1 Å². The van der Waals surface area contributed by atoms with Crippen molar-refractivity contribution in [2.45, 2.75) is 78.1 Å². The van der Waals surface area contributed by atoms with Crippen LogP contribution in [0.3, 0.4) is 0 Å². The van der Waals surface area contributed by atoms with Gasteiger partial charge in [0, 0.05) is 13.2 Å². The van der Waals surface area contributed by atoms with Crippen molar-refractivity contribution in [2.75, 3.05) is 13.2 Å². The topological polar surface area (TPSA) is 160 Å². The molecule has 0 rings (SSSR count). The SMILES string of the molecule is CCCCCCCO.CCCCCCCO.[OH-].[OH-].[OH-].[OH-].[Zr+4]. The molecule has 0 saturated carbocycles. The van der Waals surface area contributed by atoms with Crippen molar-refractivity contribution in [1.82, 2.24) is 0 Å². The summed E-state index contributed by atoms with van der Waals surface area (Å²) in [6.07, 6.45) is 12.2. The molecule has 0 aromatic heterocycles. The van der Waals surface area contributed by atoms with Gasteiger partial charge in [0.1, 0.15) is 0 Å². The summed E-state index contributed by atoms with van der Waals surface area (Å²) < 4.78 is 0. The fourth-order valence-electron chi connectivity index (χ4n) is 1.43. The molecule has 0 spiro atoms. The predicted molar refractivity (Wildman–Crippen MR) is 79.4 cm³/mol. The minimum absolute atomic E-state index is 0. The third-order valence-electron chi connectivity index (χ3n) is 2.52. The van der Waals surface area contributed by atoms with Gasteiger partial charge in [-0.2, -0.15) is 0 Å². The normalized spacial score (nSPS) is 7.43. The molecule has 6 N–H and O–H groups in total. The molecule has 0 atom stereocenters. The molecule has 0 aromatic carbocycles. The molecular formula is C14H36O6Zr. The zero-order chi connectivity index (χ0) is 12.5. The van der Waals surface area contributed by atoms with Crippen LogP contribution in [-0.4, -0.2) is 45.3 Å². The first-order valence-electron chi connectivity index (χ1n) is 7.05. The number of aliphatic hydroxyl groups is 2. The van der Waals surface area contributed by atoms with E-state index in [2.05, 4.69) is 13.8 Å². The molecule has 0 saturated heterocycles. The number of rotatable bonds is 10. The molecule has 132 valence electrons. The Hall–Kier alpha value is 0.643. The van der Waals surface area contributed by atoms with Crippen molar-refractivity contribution in [1.29, 1.82) is 0 Å². The zero-order valence-corrected chi connectivity index (χ0v) is 16.1. The molecule has 0 aliphatic rings. The van der Waals surface area contributed by atoms with Gasteiger partial charge < -0.3 is 32.1 Å².